The first-order valence-electron chi connectivity index (χ1n) is 8.69. The number of benzene rings is 2. The lowest BCUT2D eigenvalue weighted by atomic mass is 10.1. The van der Waals surface area contributed by atoms with Crippen molar-refractivity contribution in [3.8, 4) is 5.88 Å². The Bertz CT molecular complexity index is 979. The summed E-state index contributed by atoms with van der Waals surface area (Å²) in [4.78, 5) is 28.1. The first kappa shape index (κ1) is 19.0. The van der Waals surface area contributed by atoms with Gasteiger partial charge in [0.2, 0.25) is 5.88 Å². The predicted molar refractivity (Wildman–Crippen MR) is 106 cm³/mol. The summed E-state index contributed by atoms with van der Waals surface area (Å²) in [5, 5.41) is 0. The molecule has 0 radical (unpaired) electrons. The van der Waals surface area contributed by atoms with Gasteiger partial charge in [0.25, 0.3) is 0 Å². The Morgan fingerprint density at radius 2 is 1.79 bits per heavy atom. The third-order valence-electron chi connectivity index (χ3n) is 3.99. The molecule has 0 bridgehead atoms. The SMILES string of the molecule is COC(=O)c1cccc(/C=C/C(=O)c2ccc(OCc3ccccc3)nc2)c1. The van der Waals surface area contributed by atoms with Gasteiger partial charge in [0.15, 0.2) is 5.78 Å². The molecule has 0 saturated carbocycles. The van der Waals surface area contributed by atoms with E-state index in [1.165, 1.54) is 19.4 Å². The van der Waals surface area contributed by atoms with E-state index in [0.717, 1.165) is 11.1 Å². The highest BCUT2D eigenvalue weighted by Crippen LogP contribution is 2.13. The van der Waals surface area contributed by atoms with Crippen molar-refractivity contribution in [3.05, 3.63) is 101 Å². The van der Waals surface area contributed by atoms with Crippen molar-refractivity contribution in [1.29, 1.82) is 0 Å². The smallest absolute Gasteiger partial charge is 0.337 e. The van der Waals surface area contributed by atoms with Gasteiger partial charge >= 0.3 is 5.97 Å². The lowest BCUT2D eigenvalue weighted by molar-refractivity contribution is 0.0600. The van der Waals surface area contributed by atoms with E-state index in [9.17, 15) is 9.59 Å². The minimum atomic E-state index is -0.420. The van der Waals surface area contributed by atoms with Crippen molar-refractivity contribution >= 4 is 17.8 Å². The molecular weight excluding hydrogens is 354 g/mol. The molecule has 0 unspecified atom stereocenters. The fraction of sp³-hybridized carbons (Fsp3) is 0.0870. The molecule has 0 fully saturated rings. The van der Waals surface area contributed by atoms with Crippen molar-refractivity contribution in [2.75, 3.05) is 7.11 Å². The highest BCUT2D eigenvalue weighted by Gasteiger charge is 2.06. The number of rotatable bonds is 7. The molecule has 0 atom stereocenters. The molecule has 140 valence electrons. The molecule has 3 aromatic rings. The van der Waals surface area contributed by atoms with Crippen LogP contribution in [0.25, 0.3) is 6.08 Å². The van der Waals surface area contributed by atoms with Gasteiger partial charge < -0.3 is 9.47 Å². The Morgan fingerprint density at radius 1 is 0.964 bits per heavy atom. The molecule has 2 aromatic carbocycles. The number of pyridine rings is 1. The molecule has 5 heteroatoms. The Kier molecular flexibility index (Phi) is 6.31. The Balaban J connectivity index is 1.61. The van der Waals surface area contributed by atoms with Crippen LogP contribution in [0.1, 0.15) is 31.8 Å². The number of ether oxygens (including phenoxy) is 2. The van der Waals surface area contributed by atoms with Crippen LogP contribution in [0, 0.1) is 0 Å². The van der Waals surface area contributed by atoms with Gasteiger partial charge in [-0.25, -0.2) is 9.78 Å². The number of hydrogen-bond donors (Lipinski definition) is 0. The highest BCUT2D eigenvalue weighted by atomic mass is 16.5. The largest absolute Gasteiger partial charge is 0.473 e. The van der Waals surface area contributed by atoms with Crippen LogP contribution in [-0.4, -0.2) is 23.8 Å². The molecule has 1 aromatic heterocycles. The maximum absolute atomic E-state index is 12.3. The summed E-state index contributed by atoms with van der Waals surface area (Å²) < 4.78 is 10.3. The van der Waals surface area contributed by atoms with E-state index in [4.69, 9.17) is 9.47 Å². The van der Waals surface area contributed by atoms with Crippen LogP contribution in [0.2, 0.25) is 0 Å². The summed E-state index contributed by atoms with van der Waals surface area (Å²) in [5.74, 6) is -0.155. The topological polar surface area (TPSA) is 65.5 Å². The van der Waals surface area contributed by atoms with E-state index >= 15 is 0 Å². The number of aromatic nitrogens is 1. The molecule has 0 amide bonds. The van der Waals surface area contributed by atoms with Crippen LogP contribution in [0.3, 0.4) is 0 Å². The minimum absolute atomic E-state index is 0.189. The van der Waals surface area contributed by atoms with Crippen molar-refractivity contribution < 1.29 is 19.1 Å². The maximum Gasteiger partial charge on any atom is 0.337 e. The molecule has 0 aliphatic heterocycles. The monoisotopic (exact) mass is 373 g/mol. The number of esters is 1. The lowest BCUT2D eigenvalue weighted by Gasteiger charge is -2.05. The zero-order chi connectivity index (χ0) is 19.8. The normalized spacial score (nSPS) is 10.6. The number of carbonyl (C=O) groups is 2. The van der Waals surface area contributed by atoms with Gasteiger partial charge in [-0.2, -0.15) is 0 Å². The predicted octanol–water partition coefficient (Wildman–Crippen LogP) is 4.34. The molecule has 0 spiro atoms. The van der Waals surface area contributed by atoms with E-state index in [1.54, 1.807) is 42.5 Å². The van der Waals surface area contributed by atoms with Crippen LogP contribution in [0.15, 0.2) is 79.0 Å². The van der Waals surface area contributed by atoms with Crippen molar-refractivity contribution in [1.82, 2.24) is 4.98 Å². The van der Waals surface area contributed by atoms with Gasteiger partial charge in [-0.1, -0.05) is 48.5 Å². The average molecular weight is 373 g/mol. The molecule has 0 N–H and O–H groups in total. The van der Waals surface area contributed by atoms with Gasteiger partial charge in [0.1, 0.15) is 6.61 Å². The van der Waals surface area contributed by atoms with Gasteiger partial charge in [0, 0.05) is 17.8 Å². The van der Waals surface area contributed by atoms with E-state index < -0.39 is 5.97 Å². The second-order valence-electron chi connectivity index (χ2n) is 5.97. The summed E-state index contributed by atoms with van der Waals surface area (Å²) >= 11 is 0. The van der Waals surface area contributed by atoms with Crippen molar-refractivity contribution in [3.63, 3.8) is 0 Å². The molecule has 28 heavy (non-hydrogen) atoms. The van der Waals surface area contributed by atoms with Gasteiger partial charge in [-0.05, 0) is 35.4 Å². The third-order valence-corrected chi connectivity index (χ3v) is 3.99. The van der Waals surface area contributed by atoms with Gasteiger partial charge in [-0.15, -0.1) is 0 Å². The molecule has 0 aliphatic rings. The molecule has 0 saturated heterocycles. The second-order valence-corrected chi connectivity index (χ2v) is 5.97. The average Bonchev–Trinajstić information content (AvgIpc) is 2.76. The minimum Gasteiger partial charge on any atom is -0.473 e. The lowest BCUT2D eigenvalue weighted by Crippen LogP contribution is -2.01. The third kappa shape index (κ3) is 5.14. The summed E-state index contributed by atoms with van der Waals surface area (Å²) in [6.45, 7) is 0.414. The van der Waals surface area contributed by atoms with E-state index in [0.29, 0.717) is 23.6 Å². The molecule has 3 rings (SSSR count). The number of carbonyl (C=O) groups excluding carboxylic acids is 2. The van der Waals surface area contributed by atoms with Crippen LogP contribution in [-0.2, 0) is 11.3 Å². The second kappa shape index (κ2) is 9.28. The Hall–Kier alpha value is -3.73. The standard InChI is InChI=1S/C23H19NO4/c1-27-23(26)19-9-5-8-17(14-19)10-12-21(25)20-11-13-22(24-15-20)28-16-18-6-3-2-4-7-18/h2-15H,16H2,1H3/b12-10+. The fourth-order valence-electron chi connectivity index (χ4n) is 2.50. The first-order valence-corrected chi connectivity index (χ1v) is 8.69. The zero-order valence-electron chi connectivity index (χ0n) is 15.4. The number of methoxy groups -OCH3 is 1. The van der Waals surface area contributed by atoms with E-state index in [2.05, 4.69) is 4.98 Å². The zero-order valence-corrected chi connectivity index (χ0v) is 15.4. The van der Waals surface area contributed by atoms with Gasteiger partial charge in [-0.3, -0.25) is 4.79 Å². The summed E-state index contributed by atoms with van der Waals surface area (Å²) in [5.41, 5.74) is 2.65. The van der Waals surface area contributed by atoms with Gasteiger partial charge in [0.05, 0.1) is 12.7 Å². The van der Waals surface area contributed by atoms with Crippen molar-refractivity contribution in [2.24, 2.45) is 0 Å². The maximum atomic E-state index is 12.3. The van der Waals surface area contributed by atoms with Crippen LogP contribution in [0.4, 0.5) is 0 Å². The summed E-state index contributed by atoms with van der Waals surface area (Å²) in [6.07, 6.45) is 4.57. The number of hydrogen-bond acceptors (Lipinski definition) is 5. The van der Waals surface area contributed by atoms with E-state index in [-0.39, 0.29) is 5.78 Å². The number of ketones is 1. The Morgan fingerprint density at radius 3 is 2.50 bits per heavy atom. The van der Waals surface area contributed by atoms with Crippen LogP contribution >= 0.6 is 0 Å². The number of allylic oxidation sites excluding steroid dienone is 1. The van der Waals surface area contributed by atoms with Crippen LogP contribution < -0.4 is 4.74 Å². The van der Waals surface area contributed by atoms with Crippen LogP contribution in [0.5, 0.6) is 5.88 Å². The Labute approximate surface area is 163 Å². The fourth-order valence-corrected chi connectivity index (χ4v) is 2.50. The summed E-state index contributed by atoms with van der Waals surface area (Å²) in [7, 11) is 1.33. The van der Waals surface area contributed by atoms with E-state index in [1.807, 2.05) is 30.3 Å². The first-order chi connectivity index (χ1) is 13.7. The quantitative estimate of drug-likeness (QED) is 0.350. The summed E-state index contributed by atoms with van der Waals surface area (Å²) in [6, 6.07) is 20.0. The highest BCUT2D eigenvalue weighted by molar-refractivity contribution is 6.06. The number of nitrogens with zero attached hydrogens (tertiary/aromatic N) is 1. The molecule has 5 nitrogen and oxygen atoms in total. The molecular formula is C23H19NO4. The molecule has 0 aliphatic carbocycles. The van der Waals surface area contributed by atoms with Crippen molar-refractivity contribution in [2.45, 2.75) is 6.61 Å². The molecule has 1 heterocycles.